The second-order valence-corrected chi connectivity index (χ2v) is 3.81. The molecule has 0 aliphatic heterocycles. The Hall–Kier alpha value is -1.25. The van der Waals surface area contributed by atoms with Gasteiger partial charge in [0.1, 0.15) is 11.5 Å². The number of hydrogen-bond donors (Lipinski definition) is 1. The molecule has 2 aromatic rings. The van der Waals surface area contributed by atoms with Crippen molar-refractivity contribution in [1.82, 2.24) is 0 Å². The lowest BCUT2D eigenvalue weighted by Gasteiger charge is -1.98. The van der Waals surface area contributed by atoms with Crippen LogP contribution in [0.3, 0.4) is 0 Å². The molecule has 0 amide bonds. The zero-order valence-corrected chi connectivity index (χ0v) is 9.00. The Bertz CT molecular complexity index is 433. The van der Waals surface area contributed by atoms with Crippen LogP contribution in [0.4, 0.5) is 0 Å². The first-order chi connectivity index (χ1) is 7.28. The lowest BCUT2D eigenvalue weighted by atomic mass is 10.1. The van der Waals surface area contributed by atoms with Crippen LogP contribution in [0.2, 0.25) is 5.02 Å². The molecular formula is C12H12ClNO. The number of rotatable bonds is 3. The van der Waals surface area contributed by atoms with Crippen molar-refractivity contribution in [1.29, 1.82) is 0 Å². The summed E-state index contributed by atoms with van der Waals surface area (Å²) < 4.78 is 5.51. The molecule has 2 rings (SSSR count). The van der Waals surface area contributed by atoms with Crippen LogP contribution in [-0.2, 0) is 13.0 Å². The Kier molecular flexibility index (Phi) is 3.09. The van der Waals surface area contributed by atoms with Crippen molar-refractivity contribution in [3.05, 3.63) is 58.5 Å². The van der Waals surface area contributed by atoms with Gasteiger partial charge >= 0.3 is 0 Å². The van der Waals surface area contributed by atoms with E-state index in [2.05, 4.69) is 0 Å². The van der Waals surface area contributed by atoms with E-state index in [1.165, 1.54) is 5.56 Å². The molecule has 0 atom stereocenters. The highest BCUT2D eigenvalue weighted by Crippen LogP contribution is 2.15. The van der Waals surface area contributed by atoms with Crippen molar-refractivity contribution in [2.24, 2.45) is 5.73 Å². The van der Waals surface area contributed by atoms with Crippen LogP contribution < -0.4 is 5.73 Å². The third-order valence-corrected chi connectivity index (χ3v) is 2.46. The van der Waals surface area contributed by atoms with E-state index in [4.69, 9.17) is 21.8 Å². The van der Waals surface area contributed by atoms with E-state index in [0.717, 1.165) is 23.0 Å². The molecule has 0 fully saturated rings. The van der Waals surface area contributed by atoms with Gasteiger partial charge in [0, 0.05) is 11.4 Å². The minimum absolute atomic E-state index is 0.445. The van der Waals surface area contributed by atoms with Gasteiger partial charge in [0.15, 0.2) is 0 Å². The molecule has 0 spiro atoms. The van der Waals surface area contributed by atoms with Gasteiger partial charge < -0.3 is 10.2 Å². The summed E-state index contributed by atoms with van der Waals surface area (Å²) >= 11 is 5.80. The third kappa shape index (κ3) is 2.61. The molecule has 0 saturated heterocycles. The largest absolute Gasteiger partial charge is 0.464 e. The Morgan fingerprint density at radius 2 is 1.67 bits per heavy atom. The summed E-state index contributed by atoms with van der Waals surface area (Å²) in [4.78, 5) is 0. The molecule has 2 nitrogen and oxygen atoms in total. The first-order valence-electron chi connectivity index (χ1n) is 4.80. The smallest absolute Gasteiger partial charge is 0.117 e. The van der Waals surface area contributed by atoms with Gasteiger partial charge in [0.05, 0.1) is 6.54 Å². The maximum Gasteiger partial charge on any atom is 0.117 e. The fourth-order valence-electron chi connectivity index (χ4n) is 1.43. The van der Waals surface area contributed by atoms with E-state index in [0.29, 0.717) is 6.54 Å². The van der Waals surface area contributed by atoms with E-state index in [1.54, 1.807) is 0 Å². The SMILES string of the molecule is NCc1ccc(Cc2ccc(Cl)cc2)o1. The number of furan rings is 1. The standard InChI is InChI=1S/C12H12ClNO/c13-10-3-1-9(2-4-10)7-11-5-6-12(8-14)15-11/h1-6H,7-8,14H2. The highest BCUT2D eigenvalue weighted by Gasteiger charge is 2.01. The maximum atomic E-state index is 5.80. The van der Waals surface area contributed by atoms with E-state index < -0.39 is 0 Å². The van der Waals surface area contributed by atoms with Crippen LogP contribution in [-0.4, -0.2) is 0 Å². The van der Waals surface area contributed by atoms with Gasteiger partial charge in [0.25, 0.3) is 0 Å². The Balaban J connectivity index is 2.11. The monoisotopic (exact) mass is 221 g/mol. The lowest BCUT2D eigenvalue weighted by Crippen LogP contribution is -1.93. The van der Waals surface area contributed by atoms with Gasteiger partial charge in [-0.1, -0.05) is 23.7 Å². The molecule has 1 aromatic carbocycles. The third-order valence-electron chi connectivity index (χ3n) is 2.21. The van der Waals surface area contributed by atoms with Gasteiger partial charge in [0.2, 0.25) is 0 Å². The first kappa shape index (κ1) is 10.3. The minimum atomic E-state index is 0.445. The van der Waals surface area contributed by atoms with Crippen LogP contribution in [0.1, 0.15) is 17.1 Å². The summed E-state index contributed by atoms with van der Waals surface area (Å²) in [6.45, 7) is 0.445. The number of benzene rings is 1. The van der Waals surface area contributed by atoms with Crippen LogP contribution in [0.25, 0.3) is 0 Å². The van der Waals surface area contributed by atoms with E-state index in [1.807, 2.05) is 36.4 Å². The molecule has 0 aliphatic carbocycles. The highest BCUT2D eigenvalue weighted by atomic mass is 35.5. The molecular weight excluding hydrogens is 210 g/mol. The second-order valence-electron chi connectivity index (χ2n) is 3.38. The predicted molar refractivity (Wildman–Crippen MR) is 60.9 cm³/mol. The van der Waals surface area contributed by atoms with Crippen LogP contribution in [0, 0.1) is 0 Å². The first-order valence-corrected chi connectivity index (χ1v) is 5.18. The van der Waals surface area contributed by atoms with Crippen LogP contribution in [0.5, 0.6) is 0 Å². The van der Waals surface area contributed by atoms with E-state index >= 15 is 0 Å². The summed E-state index contributed by atoms with van der Waals surface area (Å²) in [7, 11) is 0. The molecule has 2 N–H and O–H groups in total. The topological polar surface area (TPSA) is 39.2 Å². The Morgan fingerprint density at radius 3 is 2.27 bits per heavy atom. The van der Waals surface area contributed by atoms with Gasteiger partial charge in [-0.3, -0.25) is 0 Å². The van der Waals surface area contributed by atoms with Crippen molar-refractivity contribution in [3.63, 3.8) is 0 Å². The molecule has 0 aliphatic rings. The minimum Gasteiger partial charge on any atom is -0.464 e. The van der Waals surface area contributed by atoms with Crippen LogP contribution in [0.15, 0.2) is 40.8 Å². The highest BCUT2D eigenvalue weighted by molar-refractivity contribution is 6.30. The molecule has 0 saturated carbocycles. The number of nitrogens with two attached hydrogens (primary N) is 1. The van der Waals surface area contributed by atoms with Crippen LogP contribution >= 0.6 is 11.6 Å². The lowest BCUT2D eigenvalue weighted by molar-refractivity contribution is 0.475. The average molecular weight is 222 g/mol. The molecule has 0 bridgehead atoms. The number of halogens is 1. The van der Waals surface area contributed by atoms with Crippen molar-refractivity contribution < 1.29 is 4.42 Å². The summed E-state index contributed by atoms with van der Waals surface area (Å²) in [6.07, 6.45) is 0.775. The second kappa shape index (κ2) is 4.51. The normalized spacial score (nSPS) is 10.5. The van der Waals surface area contributed by atoms with Gasteiger partial charge in [-0.05, 0) is 29.8 Å². The Labute approximate surface area is 93.7 Å². The summed E-state index contributed by atoms with van der Waals surface area (Å²) in [6, 6.07) is 11.6. The zero-order chi connectivity index (χ0) is 10.7. The van der Waals surface area contributed by atoms with Gasteiger partial charge in [-0.25, -0.2) is 0 Å². The average Bonchev–Trinajstić information content (AvgIpc) is 2.69. The summed E-state index contributed by atoms with van der Waals surface area (Å²) in [5.74, 6) is 1.75. The van der Waals surface area contributed by atoms with Crippen molar-refractivity contribution >= 4 is 11.6 Å². The van der Waals surface area contributed by atoms with Crippen molar-refractivity contribution in [2.75, 3.05) is 0 Å². The zero-order valence-electron chi connectivity index (χ0n) is 8.24. The summed E-state index contributed by atoms with van der Waals surface area (Å²) in [5, 5.41) is 0.751. The Morgan fingerprint density at radius 1 is 1.00 bits per heavy atom. The molecule has 3 heteroatoms. The molecule has 1 aromatic heterocycles. The van der Waals surface area contributed by atoms with E-state index in [9.17, 15) is 0 Å². The summed E-state index contributed by atoms with van der Waals surface area (Å²) in [5.41, 5.74) is 6.64. The van der Waals surface area contributed by atoms with Crippen molar-refractivity contribution in [2.45, 2.75) is 13.0 Å². The van der Waals surface area contributed by atoms with E-state index in [-0.39, 0.29) is 0 Å². The fraction of sp³-hybridized carbons (Fsp3) is 0.167. The molecule has 15 heavy (non-hydrogen) atoms. The number of hydrogen-bond acceptors (Lipinski definition) is 2. The maximum absolute atomic E-state index is 5.80. The molecule has 0 unspecified atom stereocenters. The van der Waals surface area contributed by atoms with Gasteiger partial charge in [-0.2, -0.15) is 0 Å². The van der Waals surface area contributed by atoms with Gasteiger partial charge in [-0.15, -0.1) is 0 Å². The van der Waals surface area contributed by atoms with Crippen molar-refractivity contribution in [3.8, 4) is 0 Å². The predicted octanol–water partition coefficient (Wildman–Crippen LogP) is 2.98. The quantitative estimate of drug-likeness (QED) is 0.866. The molecule has 78 valence electrons. The molecule has 1 heterocycles. The fourth-order valence-corrected chi connectivity index (χ4v) is 1.56. The molecule has 0 radical (unpaired) electrons.